The standard InChI is InChI=1S/C24H19ClN2O8/c25-22(28)21(26-23(29)33-14-17-6-10-19(11-7-17)27(31)32)18-8-12-20(13-9-18)35-24(30)34-15-16-4-2-1-3-5-16/h1-13,21H,14-15H2,(H,26,29). The van der Waals surface area contributed by atoms with Crippen LogP contribution >= 0.6 is 11.6 Å². The van der Waals surface area contributed by atoms with E-state index in [-0.39, 0.29) is 24.7 Å². The van der Waals surface area contributed by atoms with Crippen molar-refractivity contribution in [3.8, 4) is 5.75 Å². The smallest absolute Gasteiger partial charge is 0.445 e. The molecule has 0 fully saturated rings. The zero-order valence-corrected chi connectivity index (χ0v) is 18.8. The Labute approximate surface area is 204 Å². The highest BCUT2D eigenvalue weighted by atomic mass is 35.5. The van der Waals surface area contributed by atoms with E-state index in [0.717, 1.165) is 5.56 Å². The Morgan fingerprint density at radius 2 is 1.46 bits per heavy atom. The molecule has 0 aliphatic heterocycles. The molecule has 10 nitrogen and oxygen atoms in total. The molecule has 0 aromatic heterocycles. The van der Waals surface area contributed by atoms with Crippen molar-refractivity contribution in [2.24, 2.45) is 0 Å². The van der Waals surface area contributed by atoms with Crippen LogP contribution in [0, 0.1) is 10.1 Å². The number of benzene rings is 3. The fourth-order valence-electron chi connectivity index (χ4n) is 2.86. The molecular formula is C24H19ClN2O8. The predicted octanol–water partition coefficient (Wildman–Crippen LogP) is 5.04. The summed E-state index contributed by atoms with van der Waals surface area (Å²) in [7, 11) is 0. The average molecular weight is 499 g/mol. The van der Waals surface area contributed by atoms with Crippen molar-refractivity contribution in [2.45, 2.75) is 19.3 Å². The molecule has 0 aliphatic rings. The number of rotatable bonds is 9. The first-order valence-corrected chi connectivity index (χ1v) is 10.5. The number of nitro benzene ring substituents is 1. The number of hydrogen-bond acceptors (Lipinski definition) is 8. The van der Waals surface area contributed by atoms with Crippen molar-refractivity contribution >= 4 is 34.8 Å². The van der Waals surface area contributed by atoms with Crippen LogP contribution in [0.15, 0.2) is 78.9 Å². The quantitative estimate of drug-likeness (QED) is 0.142. The molecular weight excluding hydrogens is 480 g/mol. The van der Waals surface area contributed by atoms with Gasteiger partial charge in [0, 0.05) is 12.1 Å². The summed E-state index contributed by atoms with van der Waals surface area (Å²) in [5.41, 5.74) is 1.54. The SMILES string of the molecule is O=C(NC(C(=O)Cl)c1ccc(OC(=O)OCc2ccccc2)cc1)OCc1ccc([N+](=O)[O-])cc1. The van der Waals surface area contributed by atoms with E-state index in [4.69, 9.17) is 25.8 Å². The Morgan fingerprint density at radius 1 is 0.857 bits per heavy atom. The first-order valence-electron chi connectivity index (χ1n) is 10.2. The second-order valence-electron chi connectivity index (χ2n) is 7.08. The third-order valence-electron chi connectivity index (χ3n) is 4.62. The number of amides is 1. The molecule has 180 valence electrons. The van der Waals surface area contributed by atoms with Crippen molar-refractivity contribution < 1.29 is 33.5 Å². The molecule has 35 heavy (non-hydrogen) atoms. The Bertz CT molecular complexity index is 1180. The minimum absolute atomic E-state index is 0.0481. The summed E-state index contributed by atoms with van der Waals surface area (Å²) in [6.45, 7) is -0.128. The summed E-state index contributed by atoms with van der Waals surface area (Å²) in [6, 6.07) is 19.0. The van der Waals surface area contributed by atoms with Crippen molar-refractivity contribution in [2.75, 3.05) is 0 Å². The highest BCUT2D eigenvalue weighted by Gasteiger charge is 2.22. The van der Waals surface area contributed by atoms with Gasteiger partial charge in [0.05, 0.1) is 4.92 Å². The van der Waals surface area contributed by atoms with Crippen LogP contribution in [-0.4, -0.2) is 22.4 Å². The van der Waals surface area contributed by atoms with Crippen molar-refractivity contribution in [1.29, 1.82) is 0 Å². The molecule has 0 heterocycles. The molecule has 1 amide bonds. The van der Waals surface area contributed by atoms with Gasteiger partial charge in [-0.05, 0) is 52.6 Å². The van der Waals surface area contributed by atoms with Gasteiger partial charge in [-0.15, -0.1) is 0 Å². The first kappa shape index (κ1) is 25.2. The lowest BCUT2D eigenvalue weighted by Crippen LogP contribution is -2.32. The topological polar surface area (TPSA) is 134 Å². The summed E-state index contributed by atoms with van der Waals surface area (Å²) >= 11 is 5.63. The maximum atomic E-state index is 12.1. The number of hydrogen-bond donors (Lipinski definition) is 1. The van der Waals surface area contributed by atoms with E-state index in [9.17, 15) is 24.5 Å². The second kappa shape index (κ2) is 12.1. The van der Waals surface area contributed by atoms with E-state index in [1.54, 1.807) is 12.1 Å². The van der Waals surface area contributed by atoms with Gasteiger partial charge < -0.3 is 19.5 Å². The number of carbonyl (C=O) groups excluding carboxylic acids is 3. The molecule has 0 spiro atoms. The number of alkyl carbamates (subject to hydrolysis) is 1. The number of nitrogens with one attached hydrogen (secondary N) is 1. The lowest BCUT2D eigenvalue weighted by atomic mass is 10.1. The lowest BCUT2D eigenvalue weighted by molar-refractivity contribution is -0.384. The van der Waals surface area contributed by atoms with Gasteiger partial charge in [0.1, 0.15) is 25.0 Å². The maximum Gasteiger partial charge on any atom is 0.514 e. The highest BCUT2D eigenvalue weighted by molar-refractivity contribution is 6.64. The summed E-state index contributed by atoms with van der Waals surface area (Å²) in [5.74, 6) is 0.160. The average Bonchev–Trinajstić information content (AvgIpc) is 2.86. The van der Waals surface area contributed by atoms with E-state index >= 15 is 0 Å². The number of nitro groups is 1. The third-order valence-corrected chi connectivity index (χ3v) is 4.84. The van der Waals surface area contributed by atoms with Crippen molar-refractivity contribution in [3.05, 3.63) is 106 Å². The molecule has 3 aromatic rings. The van der Waals surface area contributed by atoms with E-state index in [0.29, 0.717) is 11.1 Å². The molecule has 0 radical (unpaired) electrons. The molecule has 1 N–H and O–H groups in total. The third kappa shape index (κ3) is 7.83. The predicted molar refractivity (Wildman–Crippen MR) is 124 cm³/mol. The van der Waals surface area contributed by atoms with E-state index in [2.05, 4.69) is 5.32 Å². The zero-order chi connectivity index (χ0) is 25.2. The van der Waals surface area contributed by atoms with Crippen molar-refractivity contribution in [3.63, 3.8) is 0 Å². The first-order chi connectivity index (χ1) is 16.8. The molecule has 3 aromatic carbocycles. The minimum Gasteiger partial charge on any atom is -0.445 e. The van der Waals surface area contributed by atoms with Gasteiger partial charge in [-0.1, -0.05) is 42.5 Å². The number of halogens is 1. The fourth-order valence-corrected chi connectivity index (χ4v) is 3.04. The summed E-state index contributed by atoms with van der Waals surface area (Å²) in [5, 5.41) is 12.2. The van der Waals surface area contributed by atoms with Gasteiger partial charge >= 0.3 is 12.2 Å². The summed E-state index contributed by atoms with van der Waals surface area (Å²) in [6.07, 6.45) is -1.83. The number of non-ortho nitro benzene ring substituents is 1. The molecule has 1 unspecified atom stereocenters. The lowest BCUT2D eigenvalue weighted by Gasteiger charge is -2.15. The van der Waals surface area contributed by atoms with Crippen molar-refractivity contribution in [1.82, 2.24) is 5.32 Å². The van der Waals surface area contributed by atoms with Gasteiger partial charge in [0.2, 0.25) is 5.24 Å². The molecule has 0 bridgehead atoms. The molecule has 11 heteroatoms. The van der Waals surface area contributed by atoms with Crippen LogP contribution in [0.1, 0.15) is 22.7 Å². The highest BCUT2D eigenvalue weighted by Crippen LogP contribution is 2.21. The van der Waals surface area contributed by atoms with Crippen LogP contribution in [0.4, 0.5) is 15.3 Å². The van der Waals surface area contributed by atoms with E-state index < -0.39 is 28.5 Å². The van der Waals surface area contributed by atoms with E-state index in [1.165, 1.54) is 48.5 Å². The fraction of sp³-hybridized carbons (Fsp3) is 0.125. The van der Waals surface area contributed by atoms with Crippen LogP contribution in [-0.2, 0) is 27.5 Å². The van der Waals surface area contributed by atoms with Crippen LogP contribution in [0.2, 0.25) is 0 Å². The summed E-state index contributed by atoms with van der Waals surface area (Å²) < 4.78 is 15.2. The monoisotopic (exact) mass is 498 g/mol. The molecule has 3 rings (SSSR count). The van der Waals surface area contributed by atoms with E-state index in [1.807, 2.05) is 18.2 Å². The molecule has 0 saturated carbocycles. The largest absolute Gasteiger partial charge is 0.514 e. The molecule has 0 saturated heterocycles. The Kier molecular flexibility index (Phi) is 8.74. The summed E-state index contributed by atoms with van der Waals surface area (Å²) in [4.78, 5) is 46.0. The van der Waals surface area contributed by atoms with Gasteiger partial charge in [-0.25, -0.2) is 9.59 Å². The van der Waals surface area contributed by atoms with Crippen LogP contribution in [0.3, 0.4) is 0 Å². The maximum absolute atomic E-state index is 12.1. The Hall–Kier alpha value is -4.44. The zero-order valence-electron chi connectivity index (χ0n) is 18.1. The Balaban J connectivity index is 1.52. The van der Waals surface area contributed by atoms with Crippen LogP contribution < -0.4 is 10.1 Å². The van der Waals surface area contributed by atoms with Gasteiger partial charge in [0.25, 0.3) is 5.69 Å². The minimum atomic E-state index is -1.22. The molecule has 1 atom stereocenters. The number of carbonyl (C=O) groups is 3. The number of nitrogens with zero attached hydrogens (tertiary/aromatic N) is 1. The van der Waals surface area contributed by atoms with Crippen LogP contribution in [0.5, 0.6) is 5.75 Å². The van der Waals surface area contributed by atoms with Gasteiger partial charge in [-0.2, -0.15) is 0 Å². The normalized spacial score (nSPS) is 11.1. The number of ether oxygens (including phenoxy) is 3. The van der Waals surface area contributed by atoms with Crippen LogP contribution in [0.25, 0.3) is 0 Å². The Morgan fingerprint density at radius 3 is 2.06 bits per heavy atom. The van der Waals surface area contributed by atoms with Gasteiger partial charge in [-0.3, -0.25) is 14.9 Å². The second-order valence-corrected chi connectivity index (χ2v) is 7.45. The van der Waals surface area contributed by atoms with Gasteiger partial charge in [0.15, 0.2) is 0 Å². The molecule has 0 aliphatic carbocycles.